The molecule has 2 amide bonds. The van der Waals surface area contributed by atoms with Crippen molar-refractivity contribution in [3.8, 4) is 5.75 Å². The van der Waals surface area contributed by atoms with Gasteiger partial charge in [0.05, 0.1) is 25.8 Å². The maximum absolute atomic E-state index is 12.7. The Morgan fingerprint density at radius 3 is 2.54 bits per heavy atom. The summed E-state index contributed by atoms with van der Waals surface area (Å²) < 4.78 is 46.0. The van der Waals surface area contributed by atoms with Gasteiger partial charge in [-0.1, -0.05) is 0 Å². The second-order valence-electron chi connectivity index (χ2n) is 6.80. The standard InChI is InChI=1S/C17H20F3N3O5/c18-17(19,20)28-14-3-1-12(2-4-14)21-16(26)23-6-11-5-22(8-15(24)25)7-13(23)10-27-9-11/h1-4,11,13H,5-10H2,(H,21,26)(H,24,25)/t11-,13-/m0/s1. The molecule has 2 saturated heterocycles. The molecule has 0 saturated carbocycles. The number of carbonyl (C=O) groups is 2. The number of halogens is 3. The van der Waals surface area contributed by atoms with Crippen LogP contribution in [-0.2, 0) is 9.53 Å². The average Bonchev–Trinajstić information content (AvgIpc) is 2.85. The fourth-order valence-corrected chi connectivity index (χ4v) is 3.44. The van der Waals surface area contributed by atoms with Crippen LogP contribution in [0.5, 0.6) is 5.75 Å². The maximum atomic E-state index is 12.7. The Morgan fingerprint density at radius 1 is 1.18 bits per heavy atom. The van der Waals surface area contributed by atoms with Crippen molar-refractivity contribution >= 4 is 17.7 Å². The number of urea groups is 1. The highest BCUT2D eigenvalue weighted by Crippen LogP contribution is 2.25. The zero-order valence-electron chi connectivity index (χ0n) is 14.8. The molecule has 0 unspecified atom stereocenters. The predicted molar refractivity (Wildman–Crippen MR) is 91.0 cm³/mol. The zero-order valence-corrected chi connectivity index (χ0v) is 14.8. The van der Waals surface area contributed by atoms with E-state index in [0.29, 0.717) is 38.5 Å². The predicted octanol–water partition coefficient (Wildman–Crippen LogP) is 1.83. The van der Waals surface area contributed by atoms with E-state index in [1.807, 2.05) is 0 Å². The third kappa shape index (κ3) is 5.49. The summed E-state index contributed by atoms with van der Waals surface area (Å²) in [7, 11) is 0. The summed E-state index contributed by atoms with van der Waals surface area (Å²) in [6, 6.07) is 4.12. The van der Waals surface area contributed by atoms with Crippen molar-refractivity contribution < 1.29 is 37.3 Å². The van der Waals surface area contributed by atoms with Crippen LogP contribution in [0.2, 0.25) is 0 Å². The van der Waals surface area contributed by atoms with Crippen LogP contribution in [-0.4, -0.2) is 78.7 Å². The summed E-state index contributed by atoms with van der Waals surface area (Å²) in [6.07, 6.45) is -4.78. The molecule has 2 bridgehead atoms. The van der Waals surface area contributed by atoms with Crippen molar-refractivity contribution in [1.29, 1.82) is 0 Å². The highest BCUT2D eigenvalue weighted by Gasteiger charge is 2.36. The Balaban J connectivity index is 1.65. The van der Waals surface area contributed by atoms with E-state index in [-0.39, 0.29) is 24.3 Å². The second-order valence-corrected chi connectivity index (χ2v) is 6.80. The number of anilines is 1. The highest BCUT2D eigenvalue weighted by molar-refractivity contribution is 5.89. The summed E-state index contributed by atoms with van der Waals surface area (Å²) in [5.74, 6) is -1.34. The molecule has 2 aliphatic heterocycles. The first-order valence-corrected chi connectivity index (χ1v) is 8.65. The molecule has 0 radical (unpaired) electrons. The molecule has 0 aromatic heterocycles. The molecule has 8 nitrogen and oxygen atoms in total. The molecular formula is C17H20F3N3O5. The maximum Gasteiger partial charge on any atom is 0.573 e. The molecule has 1 aromatic rings. The van der Waals surface area contributed by atoms with Gasteiger partial charge in [-0.05, 0) is 24.3 Å². The third-order valence-corrected chi connectivity index (χ3v) is 4.50. The molecule has 2 heterocycles. The number of rotatable bonds is 4. The van der Waals surface area contributed by atoms with Crippen LogP contribution in [0.4, 0.5) is 23.7 Å². The van der Waals surface area contributed by atoms with Gasteiger partial charge in [-0.15, -0.1) is 13.2 Å². The van der Waals surface area contributed by atoms with E-state index in [4.69, 9.17) is 9.84 Å². The van der Waals surface area contributed by atoms with Crippen LogP contribution < -0.4 is 10.1 Å². The summed E-state index contributed by atoms with van der Waals surface area (Å²) in [4.78, 5) is 27.1. The van der Waals surface area contributed by atoms with Gasteiger partial charge in [0, 0.05) is 31.2 Å². The first-order chi connectivity index (χ1) is 13.2. The lowest BCUT2D eigenvalue weighted by atomic mass is 10.1. The third-order valence-electron chi connectivity index (χ3n) is 4.50. The highest BCUT2D eigenvalue weighted by atomic mass is 19.4. The number of hydrogen-bond donors (Lipinski definition) is 2. The van der Waals surface area contributed by atoms with Gasteiger partial charge in [0.25, 0.3) is 0 Å². The smallest absolute Gasteiger partial charge is 0.480 e. The number of benzene rings is 1. The number of aliphatic carboxylic acids is 1. The lowest BCUT2D eigenvalue weighted by Crippen LogP contribution is -2.48. The quantitative estimate of drug-likeness (QED) is 0.797. The minimum absolute atomic E-state index is 0.0276. The summed E-state index contributed by atoms with van der Waals surface area (Å²) in [6.45, 7) is 1.90. The largest absolute Gasteiger partial charge is 0.573 e. The molecule has 0 spiro atoms. The fourth-order valence-electron chi connectivity index (χ4n) is 3.44. The van der Waals surface area contributed by atoms with Crippen LogP contribution >= 0.6 is 0 Å². The van der Waals surface area contributed by atoms with Crippen LogP contribution in [0.15, 0.2) is 24.3 Å². The Hall–Kier alpha value is -2.53. The van der Waals surface area contributed by atoms with Gasteiger partial charge in [0.1, 0.15) is 5.75 Å². The number of carboxylic acids is 1. The minimum atomic E-state index is -4.78. The van der Waals surface area contributed by atoms with Crippen molar-refractivity contribution in [3.63, 3.8) is 0 Å². The molecule has 1 aromatic carbocycles. The van der Waals surface area contributed by atoms with E-state index >= 15 is 0 Å². The Bertz CT molecular complexity index is 713. The van der Waals surface area contributed by atoms with Crippen molar-refractivity contribution in [2.75, 3.05) is 44.7 Å². The molecule has 11 heteroatoms. The number of nitrogens with zero attached hydrogens (tertiary/aromatic N) is 2. The van der Waals surface area contributed by atoms with E-state index in [2.05, 4.69) is 10.1 Å². The summed E-state index contributed by atoms with van der Waals surface area (Å²) >= 11 is 0. The van der Waals surface area contributed by atoms with Crippen molar-refractivity contribution in [2.45, 2.75) is 12.4 Å². The molecule has 2 aliphatic rings. The van der Waals surface area contributed by atoms with Crippen LogP contribution in [0.3, 0.4) is 0 Å². The second kappa shape index (κ2) is 8.23. The van der Waals surface area contributed by atoms with Crippen LogP contribution in [0.1, 0.15) is 0 Å². The molecule has 3 rings (SSSR count). The Labute approximate surface area is 158 Å². The van der Waals surface area contributed by atoms with E-state index in [9.17, 15) is 22.8 Å². The number of carbonyl (C=O) groups excluding carboxylic acids is 1. The topological polar surface area (TPSA) is 91.3 Å². The number of fused-ring (bicyclic) bond motifs is 3. The van der Waals surface area contributed by atoms with Crippen molar-refractivity contribution in [2.24, 2.45) is 5.92 Å². The van der Waals surface area contributed by atoms with Crippen molar-refractivity contribution in [3.05, 3.63) is 24.3 Å². The molecule has 154 valence electrons. The zero-order chi connectivity index (χ0) is 20.3. The lowest BCUT2D eigenvalue weighted by Gasteiger charge is -2.30. The summed E-state index contributed by atoms with van der Waals surface area (Å²) in [5.41, 5.74) is 0.321. The molecule has 2 atom stereocenters. The SMILES string of the molecule is O=C(O)CN1C[C@@H]2COC[C@H](C1)N(C(=O)Nc1ccc(OC(F)(F)F)cc1)C2. The van der Waals surface area contributed by atoms with Gasteiger partial charge in [-0.2, -0.15) is 0 Å². The van der Waals surface area contributed by atoms with Gasteiger partial charge in [0.2, 0.25) is 0 Å². The fraction of sp³-hybridized carbons (Fsp3) is 0.529. The molecular weight excluding hydrogens is 383 g/mol. The van der Waals surface area contributed by atoms with Gasteiger partial charge < -0.3 is 24.8 Å². The number of ether oxygens (including phenoxy) is 2. The summed E-state index contributed by atoms with van der Waals surface area (Å²) in [5, 5.41) is 11.7. The van der Waals surface area contributed by atoms with E-state index < -0.39 is 18.4 Å². The van der Waals surface area contributed by atoms with Gasteiger partial charge in [-0.3, -0.25) is 9.69 Å². The lowest BCUT2D eigenvalue weighted by molar-refractivity contribution is -0.274. The molecule has 2 N–H and O–H groups in total. The van der Waals surface area contributed by atoms with Crippen LogP contribution in [0.25, 0.3) is 0 Å². The molecule has 28 heavy (non-hydrogen) atoms. The number of nitrogens with one attached hydrogen (secondary N) is 1. The first-order valence-electron chi connectivity index (χ1n) is 8.65. The molecule has 2 fully saturated rings. The minimum Gasteiger partial charge on any atom is -0.480 e. The van der Waals surface area contributed by atoms with Gasteiger partial charge >= 0.3 is 18.4 Å². The number of carboxylic acid groups (broad SMARTS) is 1. The van der Waals surface area contributed by atoms with Crippen LogP contribution in [0, 0.1) is 5.92 Å². The van der Waals surface area contributed by atoms with E-state index in [1.165, 1.54) is 12.1 Å². The average molecular weight is 403 g/mol. The van der Waals surface area contributed by atoms with E-state index in [1.54, 1.807) is 9.80 Å². The molecule has 0 aliphatic carbocycles. The van der Waals surface area contributed by atoms with Crippen molar-refractivity contribution in [1.82, 2.24) is 9.80 Å². The van der Waals surface area contributed by atoms with E-state index in [0.717, 1.165) is 12.1 Å². The van der Waals surface area contributed by atoms with Gasteiger partial charge in [-0.25, -0.2) is 4.79 Å². The normalized spacial score (nSPS) is 23.0. The number of alkyl halides is 3. The Morgan fingerprint density at radius 2 is 1.89 bits per heavy atom. The monoisotopic (exact) mass is 403 g/mol. The number of amides is 2. The first kappa shape index (κ1) is 20.2. The number of hydrogen-bond acceptors (Lipinski definition) is 5. The van der Waals surface area contributed by atoms with Gasteiger partial charge in [0.15, 0.2) is 0 Å². The Kier molecular flexibility index (Phi) is 5.94.